The zero-order valence-corrected chi connectivity index (χ0v) is 21.3. The summed E-state index contributed by atoms with van der Waals surface area (Å²) in [5.74, 6) is -2.59. The summed E-state index contributed by atoms with van der Waals surface area (Å²) in [6, 6.07) is 0. The van der Waals surface area contributed by atoms with Crippen molar-refractivity contribution in [3.8, 4) is 0 Å². The largest absolute Gasteiger partial charge is 0.481 e. The number of carboxylic acids is 1. The molecule has 3 N–H and O–H groups in total. The average Bonchev–Trinajstić information content (AvgIpc) is 2.76. The summed E-state index contributed by atoms with van der Waals surface area (Å²) < 4.78 is 25.1. The molecule has 0 bridgehead atoms. The molecule has 0 amide bonds. The van der Waals surface area contributed by atoms with E-state index in [1.54, 1.807) is 0 Å². The van der Waals surface area contributed by atoms with E-state index >= 15 is 0 Å². The third-order valence-corrected chi connectivity index (χ3v) is 5.67. The van der Waals surface area contributed by atoms with Gasteiger partial charge < -0.3 is 24.4 Å². The van der Waals surface area contributed by atoms with E-state index in [1.165, 1.54) is 57.8 Å². The number of carbonyl (C=O) groups excluding carboxylic acids is 2. The zero-order valence-electron chi connectivity index (χ0n) is 20.5. The van der Waals surface area contributed by atoms with Gasteiger partial charge in [-0.15, -0.1) is 0 Å². The Kier molecular flexibility index (Phi) is 19.9. The maximum Gasteiger partial charge on any atom is 0.469 e. The molecule has 0 radical (unpaired) electrons. The Bertz CT molecular complexity index is 605. The first-order chi connectivity index (χ1) is 16.1. The highest BCUT2D eigenvalue weighted by Crippen LogP contribution is 2.35. The van der Waals surface area contributed by atoms with E-state index in [1.807, 2.05) is 0 Å². The summed E-state index contributed by atoms with van der Waals surface area (Å²) in [6.45, 7) is 1.10. The van der Waals surface area contributed by atoms with Gasteiger partial charge in [0.05, 0.1) is 19.4 Å². The molecule has 0 rings (SSSR count). The third-order valence-electron chi connectivity index (χ3n) is 5.18. The van der Waals surface area contributed by atoms with Crippen molar-refractivity contribution in [3.05, 3.63) is 0 Å². The predicted octanol–water partition coefficient (Wildman–Crippen LogP) is 4.90. The van der Waals surface area contributed by atoms with E-state index < -0.39 is 57.9 Å². The topological polar surface area (TPSA) is 157 Å². The second-order valence-electron chi connectivity index (χ2n) is 8.47. The molecule has 11 heteroatoms. The molecule has 0 aromatic rings. The second kappa shape index (κ2) is 20.9. The number of esters is 2. The van der Waals surface area contributed by atoms with Crippen LogP contribution in [0.1, 0.15) is 110 Å². The number of unbranched alkanes of at least 4 members (excludes halogenated alkanes) is 12. The van der Waals surface area contributed by atoms with Gasteiger partial charge in [-0.3, -0.25) is 18.9 Å². The molecule has 0 aliphatic carbocycles. The number of hydrogen-bond acceptors (Lipinski definition) is 7. The monoisotopic (exact) mass is 510 g/mol. The molecule has 0 aromatic heterocycles. The van der Waals surface area contributed by atoms with Gasteiger partial charge in [0.1, 0.15) is 6.61 Å². The molecular formula is C23H43O10P. The van der Waals surface area contributed by atoms with Gasteiger partial charge in [0.2, 0.25) is 0 Å². The fourth-order valence-electron chi connectivity index (χ4n) is 3.30. The smallest absolute Gasteiger partial charge is 0.469 e. The molecule has 0 heterocycles. The summed E-state index contributed by atoms with van der Waals surface area (Å²) in [4.78, 5) is 51.7. The van der Waals surface area contributed by atoms with Gasteiger partial charge in [-0.25, -0.2) is 4.57 Å². The van der Waals surface area contributed by atoms with Gasteiger partial charge in [0.25, 0.3) is 0 Å². The van der Waals surface area contributed by atoms with Gasteiger partial charge in [-0.1, -0.05) is 84.0 Å². The van der Waals surface area contributed by atoms with Crippen LogP contribution in [0.2, 0.25) is 0 Å². The third kappa shape index (κ3) is 23.7. The Labute approximate surface area is 203 Å². The number of hydrogen-bond donors (Lipinski definition) is 3. The Balaban J connectivity index is 3.93. The van der Waals surface area contributed by atoms with Crippen LogP contribution in [0.3, 0.4) is 0 Å². The zero-order chi connectivity index (χ0) is 25.7. The maximum absolute atomic E-state index is 11.9. The molecule has 0 fully saturated rings. The first-order valence-corrected chi connectivity index (χ1v) is 13.9. The molecule has 0 saturated heterocycles. The minimum absolute atomic E-state index is 0.191. The van der Waals surface area contributed by atoms with E-state index in [-0.39, 0.29) is 6.42 Å². The van der Waals surface area contributed by atoms with Crippen molar-refractivity contribution in [1.82, 2.24) is 0 Å². The van der Waals surface area contributed by atoms with Crippen LogP contribution in [0.5, 0.6) is 0 Å². The van der Waals surface area contributed by atoms with Crippen LogP contribution >= 0.6 is 7.82 Å². The van der Waals surface area contributed by atoms with Crippen molar-refractivity contribution < 1.29 is 47.8 Å². The Morgan fingerprint density at radius 2 is 1.21 bits per heavy atom. The fraction of sp³-hybridized carbons (Fsp3) is 0.870. The van der Waals surface area contributed by atoms with Crippen molar-refractivity contribution >= 4 is 25.7 Å². The number of rotatable bonds is 23. The van der Waals surface area contributed by atoms with Crippen LogP contribution < -0.4 is 0 Å². The number of carbonyl (C=O) groups is 3. The van der Waals surface area contributed by atoms with Gasteiger partial charge in [0.15, 0.2) is 6.10 Å². The molecule has 0 aliphatic rings. The lowest BCUT2D eigenvalue weighted by Crippen LogP contribution is -2.29. The van der Waals surface area contributed by atoms with Crippen LogP contribution in [0.15, 0.2) is 0 Å². The molecule has 0 spiro atoms. The van der Waals surface area contributed by atoms with Crippen molar-refractivity contribution in [2.75, 3.05) is 13.2 Å². The SMILES string of the molecule is CCCCCCCCCCCCCCCC(=O)OC[C@H](COP(=O)(O)O)OC(=O)CCC(=O)O. The molecule has 200 valence electrons. The number of phosphoric acid groups is 1. The minimum atomic E-state index is -4.81. The van der Waals surface area contributed by atoms with Gasteiger partial charge in [-0.05, 0) is 6.42 Å². The van der Waals surface area contributed by atoms with Gasteiger partial charge in [0, 0.05) is 6.42 Å². The molecule has 34 heavy (non-hydrogen) atoms. The first-order valence-electron chi connectivity index (χ1n) is 12.4. The minimum Gasteiger partial charge on any atom is -0.481 e. The van der Waals surface area contributed by atoms with E-state index in [4.69, 9.17) is 24.4 Å². The lowest BCUT2D eigenvalue weighted by molar-refractivity contribution is -0.162. The van der Waals surface area contributed by atoms with Crippen molar-refractivity contribution in [3.63, 3.8) is 0 Å². The van der Waals surface area contributed by atoms with Crippen molar-refractivity contribution in [2.45, 2.75) is 116 Å². The molecule has 0 unspecified atom stereocenters. The highest BCUT2D eigenvalue weighted by Gasteiger charge is 2.23. The Morgan fingerprint density at radius 1 is 0.706 bits per heavy atom. The van der Waals surface area contributed by atoms with E-state index in [0.717, 1.165) is 19.3 Å². The van der Waals surface area contributed by atoms with Crippen LogP contribution in [-0.2, 0) is 32.9 Å². The van der Waals surface area contributed by atoms with E-state index in [2.05, 4.69) is 11.4 Å². The lowest BCUT2D eigenvalue weighted by atomic mass is 10.0. The molecular weight excluding hydrogens is 467 g/mol. The summed E-state index contributed by atoms with van der Waals surface area (Å²) in [7, 11) is -4.81. The summed E-state index contributed by atoms with van der Waals surface area (Å²) in [6.07, 6.45) is 13.5. The van der Waals surface area contributed by atoms with Crippen molar-refractivity contribution in [2.24, 2.45) is 0 Å². The molecule has 1 atom stereocenters. The van der Waals surface area contributed by atoms with Crippen LogP contribution in [0.25, 0.3) is 0 Å². The Morgan fingerprint density at radius 3 is 1.68 bits per heavy atom. The number of aliphatic carboxylic acids is 1. The summed E-state index contributed by atoms with van der Waals surface area (Å²) in [5.41, 5.74) is 0. The fourth-order valence-corrected chi connectivity index (χ4v) is 3.66. The normalized spacial score (nSPS) is 12.3. The number of carboxylic acid groups (broad SMARTS) is 1. The molecule has 0 saturated carbocycles. The van der Waals surface area contributed by atoms with Gasteiger partial charge >= 0.3 is 25.7 Å². The summed E-state index contributed by atoms with van der Waals surface area (Å²) >= 11 is 0. The molecule has 10 nitrogen and oxygen atoms in total. The van der Waals surface area contributed by atoms with Gasteiger partial charge in [-0.2, -0.15) is 0 Å². The van der Waals surface area contributed by atoms with Crippen molar-refractivity contribution in [1.29, 1.82) is 0 Å². The number of ether oxygens (including phenoxy) is 2. The molecule has 0 aliphatic heterocycles. The predicted molar refractivity (Wildman–Crippen MR) is 126 cm³/mol. The lowest BCUT2D eigenvalue weighted by Gasteiger charge is -2.18. The van der Waals surface area contributed by atoms with E-state index in [9.17, 15) is 18.9 Å². The highest BCUT2D eigenvalue weighted by molar-refractivity contribution is 7.46. The maximum atomic E-state index is 11.9. The van der Waals surface area contributed by atoms with Crippen LogP contribution in [0, 0.1) is 0 Å². The first kappa shape index (κ1) is 32.5. The quantitative estimate of drug-likeness (QED) is 0.0981. The second-order valence-corrected chi connectivity index (χ2v) is 9.71. The molecule has 0 aromatic carbocycles. The van der Waals surface area contributed by atoms with Crippen LogP contribution in [0.4, 0.5) is 0 Å². The highest BCUT2D eigenvalue weighted by atomic mass is 31.2. The average molecular weight is 511 g/mol. The number of phosphoric ester groups is 1. The van der Waals surface area contributed by atoms with Crippen LogP contribution in [-0.4, -0.2) is 52.1 Å². The summed E-state index contributed by atoms with van der Waals surface area (Å²) in [5, 5.41) is 8.60. The Hall–Kier alpha value is -1.48. The standard InChI is InChI=1S/C23H43O10P/c1-2-3-4-5-6-7-8-9-10-11-12-13-14-15-22(26)31-18-20(19-32-34(28,29)30)33-23(27)17-16-21(24)25/h20H,2-19H2,1H3,(H,24,25)(H2,28,29,30)/t20-/m1/s1. The van der Waals surface area contributed by atoms with E-state index in [0.29, 0.717) is 6.42 Å².